The van der Waals surface area contributed by atoms with Crippen molar-refractivity contribution >= 4 is 21.8 Å². The lowest BCUT2D eigenvalue weighted by atomic mass is 9.96. The fourth-order valence-corrected chi connectivity index (χ4v) is 4.33. The highest BCUT2D eigenvalue weighted by atomic mass is 32.2. The number of carbonyl (C=O) groups excluding carboxylic acids is 2. The summed E-state index contributed by atoms with van der Waals surface area (Å²) in [5, 5.41) is 0. The summed E-state index contributed by atoms with van der Waals surface area (Å²) in [7, 11) is -2.28. The molecule has 1 aromatic rings. The van der Waals surface area contributed by atoms with Gasteiger partial charge in [-0.3, -0.25) is 9.59 Å². The number of nitrogens with two attached hydrogens (primary N) is 1. The standard InChI is InChI=1S/C17H25N3O5S/c1-3-20(26(23,24)15-6-4-14(25-2)5-7-15)12-16(21)19-10-8-13(9-11-19)17(18)22/h4-7,13H,3,8-12H2,1-2H3,(H2,18,22). The Hall–Kier alpha value is -2.13. The molecule has 26 heavy (non-hydrogen) atoms. The Bertz CT molecular complexity index is 740. The summed E-state index contributed by atoms with van der Waals surface area (Å²) >= 11 is 0. The average molecular weight is 383 g/mol. The Labute approximate surface area is 153 Å². The number of amides is 2. The number of hydrogen-bond donors (Lipinski definition) is 1. The van der Waals surface area contributed by atoms with Crippen LogP contribution in [0.5, 0.6) is 5.75 Å². The molecule has 0 unspecified atom stereocenters. The van der Waals surface area contributed by atoms with E-state index >= 15 is 0 Å². The molecule has 1 heterocycles. The molecule has 0 bridgehead atoms. The normalized spacial score (nSPS) is 15.9. The lowest BCUT2D eigenvalue weighted by Crippen LogP contribution is -2.47. The van der Waals surface area contributed by atoms with Crippen LogP contribution in [-0.4, -0.2) is 62.7 Å². The number of likely N-dealkylation sites (tertiary alicyclic amines) is 1. The Kier molecular flexibility index (Phi) is 6.60. The average Bonchev–Trinajstić information content (AvgIpc) is 2.65. The zero-order chi connectivity index (χ0) is 19.3. The van der Waals surface area contributed by atoms with E-state index < -0.39 is 10.0 Å². The molecule has 2 N–H and O–H groups in total. The number of hydrogen-bond acceptors (Lipinski definition) is 5. The number of benzene rings is 1. The Morgan fingerprint density at radius 3 is 2.27 bits per heavy atom. The third-order valence-corrected chi connectivity index (χ3v) is 6.55. The third kappa shape index (κ3) is 4.53. The number of methoxy groups -OCH3 is 1. The van der Waals surface area contributed by atoms with Crippen molar-refractivity contribution in [3.05, 3.63) is 24.3 Å². The Balaban J connectivity index is 2.05. The van der Waals surface area contributed by atoms with Crippen molar-refractivity contribution in [2.24, 2.45) is 11.7 Å². The number of ether oxygens (including phenoxy) is 1. The Morgan fingerprint density at radius 2 is 1.81 bits per heavy atom. The van der Waals surface area contributed by atoms with Gasteiger partial charge in [0.1, 0.15) is 5.75 Å². The fraction of sp³-hybridized carbons (Fsp3) is 0.529. The zero-order valence-corrected chi connectivity index (χ0v) is 15.9. The Morgan fingerprint density at radius 1 is 1.23 bits per heavy atom. The summed E-state index contributed by atoms with van der Waals surface area (Å²) < 4.78 is 31.7. The van der Waals surface area contributed by atoms with Crippen LogP contribution in [0.1, 0.15) is 19.8 Å². The maximum atomic E-state index is 12.8. The second-order valence-corrected chi connectivity index (χ2v) is 8.10. The molecule has 0 aliphatic carbocycles. The molecule has 1 fully saturated rings. The van der Waals surface area contributed by atoms with Crippen molar-refractivity contribution in [3.63, 3.8) is 0 Å². The van der Waals surface area contributed by atoms with Crippen molar-refractivity contribution in [2.75, 3.05) is 33.3 Å². The van der Waals surface area contributed by atoms with Gasteiger partial charge in [0.2, 0.25) is 21.8 Å². The summed E-state index contributed by atoms with van der Waals surface area (Å²) in [5.74, 6) is -0.286. The number of piperidine rings is 1. The molecule has 0 aromatic heterocycles. The minimum Gasteiger partial charge on any atom is -0.497 e. The molecular weight excluding hydrogens is 358 g/mol. The monoisotopic (exact) mass is 383 g/mol. The number of nitrogens with zero attached hydrogens (tertiary/aromatic N) is 2. The molecule has 8 nitrogen and oxygen atoms in total. The van der Waals surface area contributed by atoms with Crippen LogP contribution in [0, 0.1) is 5.92 Å². The molecule has 0 spiro atoms. The van der Waals surface area contributed by atoms with Crippen LogP contribution in [0.4, 0.5) is 0 Å². The summed E-state index contributed by atoms with van der Waals surface area (Å²) in [6, 6.07) is 6.05. The third-order valence-electron chi connectivity index (χ3n) is 4.61. The lowest BCUT2D eigenvalue weighted by Gasteiger charge is -2.32. The highest BCUT2D eigenvalue weighted by Gasteiger charge is 2.30. The van der Waals surface area contributed by atoms with Crippen LogP contribution in [0.2, 0.25) is 0 Å². The van der Waals surface area contributed by atoms with Crippen LogP contribution in [0.3, 0.4) is 0 Å². The molecule has 0 atom stereocenters. The number of carbonyl (C=O) groups is 2. The summed E-state index contributed by atoms with van der Waals surface area (Å²) in [6.07, 6.45) is 1.02. The summed E-state index contributed by atoms with van der Waals surface area (Å²) in [4.78, 5) is 25.4. The van der Waals surface area contributed by atoms with Crippen molar-refractivity contribution in [1.82, 2.24) is 9.21 Å². The topological polar surface area (TPSA) is 110 Å². The van der Waals surface area contributed by atoms with E-state index in [-0.39, 0.29) is 35.7 Å². The van der Waals surface area contributed by atoms with Crippen LogP contribution >= 0.6 is 0 Å². The predicted octanol–water partition coefficient (Wildman–Crippen LogP) is 0.430. The first-order chi connectivity index (χ1) is 12.3. The molecule has 2 rings (SSSR count). The van der Waals surface area contributed by atoms with Gasteiger partial charge >= 0.3 is 0 Å². The van der Waals surface area contributed by atoms with E-state index in [0.29, 0.717) is 31.7 Å². The van der Waals surface area contributed by atoms with Gasteiger partial charge in [0.05, 0.1) is 18.6 Å². The van der Waals surface area contributed by atoms with Gasteiger partial charge < -0.3 is 15.4 Å². The van der Waals surface area contributed by atoms with E-state index in [1.54, 1.807) is 24.0 Å². The quantitative estimate of drug-likeness (QED) is 0.734. The second kappa shape index (κ2) is 8.50. The van der Waals surface area contributed by atoms with Gasteiger partial charge in [0.15, 0.2) is 0 Å². The first-order valence-electron chi connectivity index (χ1n) is 8.51. The van der Waals surface area contributed by atoms with Gasteiger partial charge in [-0.05, 0) is 37.1 Å². The van der Waals surface area contributed by atoms with E-state index in [9.17, 15) is 18.0 Å². The van der Waals surface area contributed by atoms with Crippen LogP contribution in [0.15, 0.2) is 29.2 Å². The molecule has 2 amide bonds. The van der Waals surface area contributed by atoms with Gasteiger partial charge in [-0.25, -0.2) is 8.42 Å². The van der Waals surface area contributed by atoms with Gasteiger partial charge in [0.25, 0.3) is 0 Å². The first-order valence-corrected chi connectivity index (χ1v) is 9.95. The smallest absolute Gasteiger partial charge is 0.243 e. The summed E-state index contributed by atoms with van der Waals surface area (Å²) in [6.45, 7) is 2.46. The van der Waals surface area contributed by atoms with Crippen LogP contribution < -0.4 is 10.5 Å². The molecule has 1 aromatic carbocycles. The number of likely N-dealkylation sites (N-methyl/N-ethyl adjacent to an activating group) is 1. The van der Waals surface area contributed by atoms with Crippen molar-refractivity contribution in [3.8, 4) is 5.75 Å². The molecule has 1 aliphatic heterocycles. The second-order valence-electron chi connectivity index (χ2n) is 6.16. The number of sulfonamides is 1. The van der Waals surface area contributed by atoms with Crippen LogP contribution in [-0.2, 0) is 19.6 Å². The maximum absolute atomic E-state index is 12.8. The zero-order valence-electron chi connectivity index (χ0n) is 15.1. The van der Waals surface area contributed by atoms with Gasteiger partial charge in [-0.2, -0.15) is 4.31 Å². The van der Waals surface area contributed by atoms with Gasteiger partial charge in [-0.1, -0.05) is 6.92 Å². The SMILES string of the molecule is CCN(CC(=O)N1CCC(C(N)=O)CC1)S(=O)(=O)c1ccc(OC)cc1. The molecule has 144 valence electrons. The van der Waals surface area contributed by atoms with E-state index in [0.717, 1.165) is 4.31 Å². The largest absolute Gasteiger partial charge is 0.497 e. The minimum absolute atomic E-state index is 0.111. The van der Waals surface area contributed by atoms with Crippen molar-refractivity contribution in [2.45, 2.75) is 24.7 Å². The van der Waals surface area contributed by atoms with E-state index in [4.69, 9.17) is 10.5 Å². The van der Waals surface area contributed by atoms with Gasteiger partial charge in [-0.15, -0.1) is 0 Å². The highest BCUT2D eigenvalue weighted by Crippen LogP contribution is 2.21. The molecule has 1 aliphatic rings. The predicted molar refractivity (Wildman–Crippen MR) is 95.9 cm³/mol. The van der Waals surface area contributed by atoms with Crippen molar-refractivity contribution in [1.29, 1.82) is 0 Å². The van der Waals surface area contributed by atoms with E-state index in [1.165, 1.54) is 19.2 Å². The van der Waals surface area contributed by atoms with Gasteiger partial charge in [0, 0.05) is 25.6 Å². The first kappa shape index (κ1) is 20.2. The molecule has 1 saturated heterocycles. The molecular formula is C17H25N3O5S. The van der Waals surface area contributed by atoms with E-state index in [2.05, 4.69) is 0 Å². The molecule has 9 heteroatoms. The number of primary amides is 1. The van der Waals surface area contributed by atoms with Crippen LogP contribution in [0.25, 0.3) is 0 Å². The molecule has 0 saturated carbocycles. The summed E-state index contributed by atoms with van der Waals surface area (Å²) in [5.41, 5.74) is 5.29. The van der Waals surface area contributed by atoms with Crippen molar-refractivity contribution < 1.29 is 22.7 Å². The maximum Gasteiger partial charge on any atom is 0.243 e. The highest BCUT2D eigenvalue weighted by molar-refractivity contribution is 7.89. The van der Waals surface area contributed by atoms with E-state index in [1.807, 2.05) is 0 Å². The minimum atomic E-state index is -3.78. The fourth-order valence-electron chi connectivity index (χ4n) is 2.93. The molecule has 0 radical (unpaired) electrons. The number of rotatable bonds is 7. The lowest BCUT2D eigenvalue weighted by molar-refractivity contribution is -0.135.